The molecule has 0 amide bonds. The Hall–Kier alpha value is -1.62. The molecule has 2 aromatic rings. The van der Waals surface area contributed by atoms with Crippen LogP contribution in [0.1, 0.15) is 61.1 Å². The van der Waals surface area contributed by atoms with Gasteiger partial charge in [0.1, 0.15) is 0 Å². The molecule has 0 saturated carbocycles. The molecule has 0 radical (unpaired) electrons. The van der Waals surface area contributed by atoms with Crippen LogP contribution >= 0.6 is 0 Å². The van der Waals surface area contributed by atoms with Gasteiger partial charge in [0.15, 0.2) is 0 Å². The van der Waals surface area contributed by atoms with E-state index in [0.717, 1.165) is 12.2 Å². The molecule has 2 atom stereocenters. The average Bonchev–Trinajstić information content (AvgIpc) is 2.90. The Morgan fingerprint density at radius 2 is 1.81 bits per heavy atom. The standard InChI is InChI=1S/C16H27N5/c1-8-21-14(6)16(12(4)19-21)11(3)18-10(2)15-9-17-20(7)13(15)5/h9-11,18H,8H2,1-7H3. The van der Waals surface area contributed by atoms with Crippen molar-refractivity contribution >= 4 is 0 Å². The van der Waals surface area contributed by atoms with Gasteiger partial charge >= 0.3 is 0 Å². The number of hydrogen-bond donors (Lipinski definition) is 1. The molecule has 0 aromatic carbocycles. The molecule has 2 unspecified atom stereocenters. The molecule has 5 heteroatoms. The lowest BCUT2D eigenvalue weighted by Crippen LogP contribution is -2.23. The van der Waals surface area contributed by atoms with E-state index in [-0.39, 0.29) is 12.1 Å². The number of aryl methyl sites for hydroxylation is 3. The number of nitrogens with one attached hydrogen (secondary N) is 1. The summed E-state index contributed by atoms with van der Waals surface area (Å²) in [6.45, 7) is 13.8. The molecule has 0 spiro atoms. The van der Waals surface area contributed by atoms with E-state index in [2.05, 4.69) is 61.7 Å². The van der Waals surface area contributed by atoms with Crippen LogP contribution in [0.5, 0.6) is 0 Å². The average molecular weight is 289 g/mol. The zero-order valence-corrected chi connectivity index (χ0v) is 14.2. The van der Waals surface area contributed by atoms with Crippen LogP contribution < -0.4 is 5.32 Å². The third-order valence-electron chi connectivity index (χ3n) is 4.41. The molecule has 0 aliphatic rings. The summed E-state index contributed by atoms with van der Waals surface area (Å²) in [6, 6.07) is 0.525. The molecule has 0 aliphatic carbocycles. The van der Waals surface area contributed by atoms with Crippen molar-refractivity contribution in [2.24, 2.45) is 7.05 Å². The van der Waals surface area contributed by atoms with Gasteiger partial charge in [-0.05, 0) is 41.5 Å². The first-order valence-corrected chi connectivity index (χ1v) is 7.65. The van der Waals surface area contributed by atoms with E-state index in [9.17, 15) is 0 Å². The summed E-state index contributed by atoms with van der Waals surface area (Å²) in [5.41, 5.74) is 6.14. The van der Waals surface area contributed by atoms with Crippen molar-refractivity contribution in [2.75, 3.05) is 0 Å². The monoisotopic (exact) mass is 289 g/mol. The molecule has 21 heavy (non-hydrogen) atoms. The number of nitrogens with zero attached hydrogens (tertiary/aromatic N) is 4. The second-order valence-corrected chi connectivity index (χ2v) is 5.82. The summed E-state index contributed by atoms with van der Waals surface area (Å²) in [5, 5.41) is 12.6. The summed E-state index contributed by atoms with van der Waals surface area (Å²) in [5.74, 6) is 0. The van der Waals surface area contributed by atoms with Crippen molar-refractivity contribution in [3.05, 3.63) is 34.4 Å². The van der Waals surface area contributed by atoms with Crippen LogP contribution in [-0.4, -0.2) is 19.6 Å². The van der Waals surface area contributed by atoms with Crippen molar-refractivity contribution in [1.29, 1.82) is 0 Å². The van der Waals surface area contributed by atoms with Crippen molar-refractivity contribution in [3.63, 3.8) is 0 Å². The second-order valence-electron chi connectivity index (χ2n) is 5.82. The summed E-state index contributed by atoms with van der Waals surface area (Å²) < 4.78 is 3.99. The fourth-order valence-electron chi connectivity index (χ4n) is 3.13. The lowest BCUT2D eigenvalue weighted by Gasteiger charge is -2.21. The van der Waals surface area contributed by atoms with Gasteiger partial charge in [0.2, 0.25) is 0 Å². The minimum atomic E-state index is 0.262. The summed E-state index contributed by atoms with van der Waals surface area (Å²) in [7, 11) is 1.98. The third kappa shape index (κ3) is 2.88. The van der Waals surface area contributed by atoms with Gasteiger partial charge in [-0.25, -0.2) is 0 Å². The molecule has 5 nitrogen and oxygen atoms in total. The lowest BCUT2D eigenvalue weighted by atomic mass is 10.0. The molecule has 2 aromatic heterocycles. The normalized spacial score (nSPS) is 14.4. The van der Waals surface area contributed by atoms with E-state index in [1.165, 1.54) is 22.5 Å². The lowest BCUT2D eigenvalue weighted by molar-refractivity contribution is 0.488. The fraction of sp³-hybridized carbons (Fsp3) is 0.625. The van der Waals surface area contributed by atoms with E-state index in [1.807, 2.05) is 17.9 Å². The van der Waals surface area contributed by atoms with Crippen LogP contribution in [0.4, 0.5) is 0 Å². The van der Waals surface area contributed by atoms with Crippen LogP contribution in [0.15, 0.2) is 6.20 Å². The van der Waals surface area contributed by atoms with Crippen molar-refractivity contribution < 1.29 is 0 Å². The minimum Gasteiger partial charge on any atom is -0.303 e. The molecule has 2 heterocycles. The molecule has 0 bridgehead atoms. The summed E-state index contributed by atoms with van der Waals surface area (Å²) in [4.78, 5) is 0. The van der Waals surface area contributed by atoms with Gasteiger partial charge < -0.3 is 5.32 Å². The van der Waals surface area contributed by atoms with Gasteiger partial charge in [-0.1, -0.05) is 0 Å². The largest absolute Gasteiger partial charge is 0.303 e. The predicted molar refractivity (Wildman–Crippen MR) is 85.3 cm³/mol. The Bertz CT molecular complexity index is 623. The predicted octanol–water partition coefficient (Wildman–Crippen LogP) is 2.97. The Balaban J connectivity index is 2.20. The van der Waals surface area contributed by atoms with E-state index in [0.29, 0.717) is 0 Å². The summed E-state index contributed by atoms with van der Waals surface area (Å²) >= 11 is 0. The first kappa shape index (κ1) is 15.8. The number of hydrogen-bond acceptors (Lipinski definition) is 3. The minimum absolute atomic E-state index is 0.262. The maximum Gasteiger partial charge on any atom is 0.0644 e. The van der Waals surface area contributed by atoms with Crippen LogP contribution in [0.2, 0.25) is 0 Å². The number of aromatic nitrogens is 4. The highest BCUT2D eigenvalue weighted by atomic mass is 15.3. The summed E-state index contributed by atoms with van der Waals surface area (Å²) in [6.07, 6.45) is 1.95. The zero-order chi connectivity index (χ0) is 15.7. The van der Waals surface area contributed by atoms with Gasteiger partial charge in [0.05, 0.1) is 11.9 Å². The fourth-order valence-corrected chi connectivity index (χ4v) is 3.13. The van der Waals surface area contributed by atoms with Gasteiger partial charge in [0.25, 0.3) is 0 Å². The van der Waals surface area contributed by atoms with Crippen LogP contribution in [-0.2, 0) is 13.6 Å². The Morgan fingerprint density at radius 3 is 2.29 bits per heavy atom. The third-order valence-corrected chi connectivity index (χ3v) is 4.41. The van der Waals surface area contributed by atoms with E-state index < -0.39 is 0 Å². The Morgan fingerprint density at radius 1 is 1.14 bits per heavy atom. The zero-order valence-electron chi connectivity index (χ0n) is 14.2. The van der Waals surface area contributed by atoms with Crippen LogP contribution in [0.25, 0.3) is 0 Å². The van der Waals surface area contributed by atoms with Gasteiger partial charge in [-0.15, -0.1) is 0 Å². The second kappa shape index (κ2) is 6.02. The maximum absolute atomic E-state index is 4.61. The smallest absolute Gasteiger partial charge is 0.0644 e. The first-order chi connectivity index (χ1) is 9.86. The quantitative estimate of drug-likeness (QED) is 0.920. The highest BCUT2D eigenvalue weighted by Crippen LogP contribution is 2.25. The first-order valence-electron chi connectivity index (χ1n) is 7.65. The molecule has 2 rings (SSSR count). The molecule has 0 aliphatic heterocycles. The molecular weight excluding hydrogens is 262 g/mol. The maximum atomic E-state index is 4.61. The topological polar surface area (TPSA) is 47.7 Å². The van der Waals surface area contributed by atoms with Crippen LogP contribution in [0, 0.1) is 20.8 Å². The van der Waals surface area contributed by atoms with Crippen molar-refractivity contribution in [3.8, 4) is 0 Å². The highest BCUT2D eigenvalue weighted by Gasteiger charge is 2.20. The van der Waals surface area contributed by atoms with E-state index >= 15 is 0 Å². The van der Waals surface area contributed by atoms with Gasteiger partial charge in [0, 0.05) is 48.2 Å². The number of rotatable bonds is 5. The van der Waals surface area contributed by atoms with E-state index in [1.54, 1.807) is 0 Å². The molecule has 1 N–H and O–H groups in total. The molecule has 0 fully saturated rings. The van der Waals surface area contributed by atoms with Crippen LogP contribution in [0.3, 0.4) is 0 Å². The van der Waals surface area contributed by atoms with Crippen molar-refractivity contribution in [2.45, 2.75) is 60.2 Å². The Kier molecular flexibility index (Phi) is 4.52. The molecular formula is C16H27N5. The highest BCUT2D eigenvalue weighted by molar-refractivity contribution is 5.29. The SMILES string of the molecule is CCn1nc(C)c(C(C)NC(C)c2cnn(C)c2C)c1C. The molecule has 116 valence electrons. The Labute approximate surface area is 127 Å². The van der Waals surface area contributed by atoms with Crippen molar-refractivity contribution in [1.82, 2.24) is 24.9 Å². The van der Waals surface area contributed by atoms with E-state index in [4.69, 9.17) is 0 Å². The van der Waals surface area contributed by atoms with Gasteiger partial charge in [-0.2, -0.15) is 10.2 Å². The van der Waals surface area contributed by atoms with Gasteiger partial charge in [-0.3, -0.25) is 9.36 Å². The molecule has 0 saturated heterocycles.